The van der Waals surface area contributed by atoms with Crippen LogP contribution in [0.5, 0.6) is 0 Å². The van der Waals surface area contributed by atoms with Crippen LogP contribution in [0.15, 0.2) is 95.4 Å². The molecule has 1 saturated heterocycles. The summed E-state index contributed by atoms with van der Waals surface area (Å²) in [4.78, 5) is 40.3. The number of rotatable bonds is 7. The maximum absolute atomic E-state index is 13.1. The number of nitro groups is 1. The van der Waals surface area contributed by atoms with E-state index in [1.165, 1.54) is 18.2 Å². The Morgan fingerprint density at radius 3 is 2.45 bits per heavy atom. The lowest BCUT2D eigenvalue weighted by molar-refractivity contribution is -0.384. The minimum absolute atomic E-state index is 0.0491. The fraction of sp³-hybridized carbons (Fsp3) is 0.133. The molecule has 0 spiro atoms. The van der Waals surface area contributed by atoms with E-state index in [2.05, 4.69) is 10.2 Å². The smallest absolute Gasteiger partial charge is 0.291 e. The highest BCUT2D eigenvalue weighted by Crippen LogP contribution is 2.31. The van der Waals surface area contributed by atoms with Gasteiger partial charge in [0.05, 0.1) is 16.3 Å². The van der Waals surface area contributed by atoms with E-state index >= 15 is 0 Å². The lowest BCUT2D eigenvalue weighted by Gasteiger charge is -2.36. The lowest BCUT2D eigenvalue weighted by atomic mass is 10.1. The molecule has 1 aromatic heterocycles. The molecule has 1 N–H and O–H groups in total. The number of hydrogen-bond acceptors (Lipinski definition) is 6. The van der Waals surface area contributed by atoms with Gasteiger partial charge in [-0.3, -0.25) is 19.7 Å². The topological polar surface area (TPSA) is 109 Å². The number of amides is 2. The molecular formula is C30H25ClN4O5. The van der Waals surface area contributed by atoms with Crippen LogP contribution < -0.4 is 10.2 Å². The van der Waals surface area contributed by atoms with Gasteiger partial charge in [-0.15, -0.1) is 0 Å². The summed E-state index contributed by atoms with van der Waals surface area (Å²) < 4.78 is 5.72. The Labute approximate surface area is 235 Å². The minimum atomic E-state index is -0.488. The quantitative estimate of drug-likeness (QED) is 0.167. The second kappa shape index (κ2) is 11.9. The number of piperazine rings is 1. The molecule has 0 saturated carbocycles. The summed E-state index contributed by atoms with van der Waals surface area (Å²) in [7, 11) is 0. The van der Waals surface area contributed by atoms with Crippen molar-refractivity contribution in [2.45, 2.75) is 0 Å². The lowest BCUT2D eigenvalue weighted by Crippen LogP contribution is -2.48. The van der Waals surface area contributed by atoms with Gasteiger partial charge in [0.25, 0.3) is 11.6 Å². The van der Waals surface area contributed by atoms with Crippen molar-refractivity contribution in [2.24, 2.45) is 0 Å². The number of furan rings is 1. The standard InChI is InChI=1S/C30H25ClN4O5/c31-23-10-11-26(33-15-17-34(18-16-33)29(36)14-9-21-5-2-1-3-6-21)25(20-23)32-30(37)28-13-12-27(40-28)22-7-4-8-24(19-22)35(38)39/h1-14,19-20H,15-18H2,(H,32,37)/b14-9+. The van der Waals surface area contributed by atoms with Crippen LogP contribution in [-0.4, -0.2) is 47.8 Å². The number of hydrogen-bond donors (Lipinski definition) is 1. The first-order chi connectivity index (χ1) is 19.4. The van der Waals surface area contributed by atoms with Crippen molar-refractivity contribution in [1.29, 1.82) is 0 Å². The monoisotopic (exact) mass is 556 g/mol. The van der Waals surface area contributed by atoms with Crippen molar-refractivity contribution in [3.63, 3.8) is 0 Å². The van der Waals surface area contributed by atoms with Crippen LogP contribution in [0.2, 0.25) is 5.02 Å². The molecule has 0 aliphatic carbocycles. The maximum Gasteiger partial charge on any atom is 0.291 e. The van der Waals surface area contributed by atoms with E-state index in [0.717, 1.165) is 11.3 Å². The molecule has 2 heterocycles. The summed E-state index contributed by atoms with van der Waals surface area (Å²) in [5.41, 5.74) is 2.66. The summed E-state index contributed by atoms with van der Waals surface area (Å²) in [5.74, 6) is -0.152. The third kappa shape index (κ3) is 6.22. The number of carbonyl (C=O) groups excluding carboxylic acids is 2. The van der Waals surface area contributed by atoms with Crippen molar-refractivity contribution in [3.05, 3.63) is 117 Å². The number of non-ortho nitro benzene ring substituents is 1. The summed E-state index contributed by atoms with van der Waals surface area (Å²) in [6.07, 6.45) is 3.39. The number of halogens is 1. The van der Waals surface area contributed by atoms with Crippen LogP contribution in [0.1, 0.15) is 16.1 Å². The number of nitro benzene ring substituents is 1. The van der Waals surface area contributed by atoms with E-state index in [0.29, 0.717) is 48.2 Å². The number of benzene rings is 3. The minimum Gasteiger partial charge on any atom is -0.451 e. The molecule has 3 aromatic carbocycles. The Kier molecular flexibility index (Phi) is 7.93. The van der Waals surface area contributed by atoms with E-state index in [1.54, 1.807) is 47.4 Å². The van der Waals surface area contributed by atoms with Gasteiger partial charge in [-0.25, -0.2) is 0 Å². The van der Waals surface area contributed by atoms with E-state index in [4.69, 9.17) is 16.0 Å². The summed E-state index contributed by atoms with van der Waals surface area (Å²) in [6.45, 7) is 2.21. The first-order valence-electron chi connectivity index (χ1n) is 12.6. The average molecular weight is 557 g/mol. The summed E-state index contributed by atoms with van der Waals surface area (Å²) >= 11 is 6.25. The SMILES string of the molecule is O=C(Nc1cc(Cl)ccc1N1CCN(C(=O)/C=C/c2ccccc2)CC1)c1ccc(-c2cccc([N+](=O)[O-])c2)o1. The van der Waals surface area contributed by atoms with Crippen LogP contribution in [-0.2, 0) is 4.79 Å². The largest absolute Gasteiger partial charge is 0.451 e. The van der Waals surface area contributed by atoms with Gasteiger partial charge < -0.3 is 19.5 Å². The van der Waals surface area contributed by atoms with Crippen LogP contribution >= 0.6 is 11.6 Å². The van der Waals surface area contributed by atoms with Gasteiger partial charge in [0.15, 0.2) is 5.76 Å². The Morgan fingerprint density at radius 1 is 0.925 bits per heavy atom. The Hall–Kier alpha value is -4.89. The molecule has 2 amide bonds. The Balaban J connectivity index is 1.25. The maximum atomic E-state index is 13.1. The molecule has 0 bridgehead atoms. The average Bonchev–Trinajstić information content (AvgIpc) is 3.48. The van der Waals surface area contributed by atoms with Gasteiger partial charge in [-0.05, 0) is 42.0 Å². The Morgan fingerprint density at radius 2 is 1.70 bits per heavy atom. The molecule has 10 heteroatoms. The zero-order valence-corrected chi connectivity index (χ0v) is 22.1. The fourth-order valence-electron chi connectivity index (χ4n) is 4.46. The molecular weight excluding hydrogens is 532 g/mol. The van der Waals surface area contributed by atoms with Crippen molar-refractivity contribution in [3.8, 4) is 11.3 Å². The normalized spacial score (nSPS) is 13.4. The molecule has 0 unspecified atom stereocenters. The molecule has 4 aromatic rings. The Bertz CT molecular complexity index is 1580. The highest BCUT2D eigenvalue weighted by molar-refractivity contribution is 6.31. The molecule has 202 valence electrons. The number of nitrogens with zero attached hydrogens (tertiary/aromatic N) is 3. The van der Waals surface area contributed by atoms with Gasteiger partial charge in [-0.1, -0.05) is 54.1 Å². The zero-order valence-electron chi connectivity index (χ0n) is 21.3. The van der Waals surface area contributed by atoms with Crippen LogP contribution in [0.3, 0.4) is 0 Å². The van der Waals surface area contributed by atoms with Crippen molar-refractivity contribution in [2.75, 3.05) is 36.4 Å². The van der Waals surface area contributed by atoms with E-state index < -0.39 is 10.8 Å². The molecule has 9 nitrogen and oxygen atoms in total. The molecule has 0 atom stereocenters. The van der Waals surface area contributed by atoms with Gasteiger partial charge in [-0.2, -0.15) is 0 Å². The highest BCUT2D eigenvalue weighted by Gasteiger charge is 2.23. The number of carbonyl (C=O) groups is 2. The van der Waals surface area contributed by atoms with Crippen LogP contribution in [0.4, 0.5) is 17.1 Å². The highest BCUT2D eigenvalue weighted by atomic mass is 35.5. The second-order valence-corrected chi connectivity index (χ2v) is 9.58. The van der Waals surface area contributed by atoms with Crippen LogP contribution in [0, 0.1) is 10.1 Å². The van der Waals surface area contributed by atoms with Crippen molar-refractivity contribution >= 4 is 46.6 Å². The predicted molar refractivity (Wildman–Crippen MR) is 154 cm³/mol. The molecule has 1 aliphatic heterocycles. The molecule has 40 heavy (non-hydrogen) atoms. The predicted octanol–water partition coefficient (Wildman–Crippen LogP) is 6.12. The summed E-state index contributed by atoms with van der Waals surface area (Å²) in [5, 5.41) is 14.4. The second-order valence-electron chi connectivity index (χ2n) is 9.14. The van der Waals surface area contributed by atoms with E-state index in [9.17, 15) is 19.7 Å². The van der Waals surface area contributed by atoms with Gasteiger partial charge >= 0.3 is 0 Å². The number of nitrogens with one attached hydrogen (secondary N) is 1. The van der Waals surface area contributed by atoms with Crippen molar-refractivity contribution < 1.29 is 18.9 Å². The van der Waals surface area contributed by atoms with Gasteiger partial charge in [0.1, 0.15) is 5.76 Å². The molecule has 1 aliphatic rings. The molecule has 0 radical (unpaired) electrons. The summed E-state index contributed by atoms with van der Waals surface area (Å²) in [6, 6.07) is 24.0. The fourth-order valence-corrected chi connectivity index (χ4v) is 4.63. The number of anilines is 2. The van der Waals surface area contributed by atoms with Gasteiger partial charge in [0.2, 0.25) is 5.91 Å². The third-order valence-corrected chi connectivity index (χ3v) is 6.76. The van der Waals surface area contributed by atoms with Gasteiger partial charge in [0, 0.05) is 55.0 Å². The third-order valence-electron chi connectivity index (χ3n) is 6.53. The first-order valence-corrected chi connectivity index (χ1v) is 13.0. The molecule has 1 fully saturated rings. The first kappa shape index (κ1) is 26.7. The van der Waals surface area contributed by atoms with E-state index in [-0.39, 0.29) is 17.4 Å². The van der Waals surface area contributed by atoms with Crippen LogP contribution in [0.25, 0.3) is 17.4 Å². The molecule has 5 rings (SSSR count). The zero-order chi connectivity index (χ0) is 28.1. The van der Waals surface area contributed by atoms with Crippen molar-refractivity contribution in [1.82, 2.24) is 4.90 Å². The van der Waals surface area contributed by atoms with E-state index in [1.807, 2.05) is 36.4 Å².